The summed E-state index contributed by atoms with van der Waals surface area (Å²) in [7, 11) is 0. The molecule has 0 heterocycles. The number of carbonyl (C=O) groups excluding carboxylic acids is 1. The second kappa shape index (κ2) is 6.57. The van der Waals surface area contributed by atoms with Gasteiger partial charge in [0.2, 0.25) is 0 Å². The molecule has 0 aliphatic rings. The van der Waals surface area contributed by atoms with E-state index >= 15 is 0 Å². The highest BCUT2D eigenvalue weighted by Gasteiger charge is 1.98. The lowest BCUT2D eigenvalue weighted by atomic mass is 10.1. The van der Waals surface area contributed by atoms with Crippen LogP contribution in [-0.2, 0) is 4.79 Å². The van der Waals surface area contributed by atoms with Crippen LogP contribution in [0, 0.1) is 11.3 Å². The van der Waals surface area contributed by atoms with E-state index in [9.17, 15) is 4.79 Å². The molecular formula is C7H10ClNO. The zero-order valence-electron chi connectivity index (χ0n) is 5.77. The van der Waals surface area contributed by atoms with Crippen molar-refractivity contribution in [1.29, 1.82) is 5.26 Å². The fourth-order valence-electron chi connectivity index (χ4n) is 0.584. The number of hydrogen-bond acceptors (Lipinski definition) is 2. The van der Waals surface area contributed by atoms with E-state index < -0.39 is 0 Å². The first-order valence-electron chi connectivity index (χ1n) is 3.26. The highest BCUT2D eigenvalue weighted by molar-refractivity contribution is 6.17. The normalized spacial score (nSPS) is 8.80. The Bertz CT molecular complexity index is 139. The second-order valence-corrected chi connectivity index (χ2v) is 2.37. The predicted octanol–water partition coefficient (Wildman–Crippen LogP) is 1.88. The Labute approximate surface area is 65.8 Å². The minimum Gasteiger partial charge on any atom is -0.300 e. The van der Waals surface area contributed by atoms with Gasteiger partial charge in [0.05, 0.1) is 6.07 Å². The van der Waals surface area contributed by atoms with Crippen LogP contribution in [0.25, 0.3) is 0 Å². The SMILES string of the molecule is N#CCCC(=O)CCCCl. The summed E-state index contributed by atoms with van der Waals surface area (Å²) in [6, 6.07) is 1.92. The van der Waals surface area contributed by atoms with E-state index in [1.54, 1.807) is 0 Å². The minimum absolute atomic E-state index is 0.141. The summed E-state index contributed by atoms with van der Waals surface area (Å²) in [4.78, 5) is 10.8. The molecule has 0 aromatic heterocycles. The molecule has 10 heavy (non-hydrogen) atoms. The Morgan fingerprint density at radius 3 is 2.70 bits per heavy atom. The van der Waals surface area contributed by atoms with Crippen LogP contribution in [-0.4, -0.2) is 11.7 Å². The van der Waals surface area contributed by atoms with Crippen molar-refractivity contribution in [2.45, 2.75) is 25.7 Å². The second-order valence-electron chi connectivity index (χ2n) is 1.99. The summed E-state index contributed by atoms with van der Waals surface area (Å²) in [5.74, 6) is 0.667. The van der Waals surface area contributed by atoms with Gasteiger partial charge in [-0.2, -0.15) is 5.26 Å². The number of carbonyl (C=O) groups is 1. The molecule has 3 heteroatoms. The number of hydrogen-bond donors (Lipinski definition) is 0. The molecule has 0 spiro atoms. The van der Waals surface area contributed by atoms with Crippen molar-refractivity contribution in [2.24, 2.45) is 0 Å². The quantitative estimate of drug-likeness (QED) is 0.575. The lowest BCUT2D eigenvalue weighted by Gasteiger charge is -1.92. The highest BCUT2D eigenvalue weighted by atomic mass is 35.5. The van der Waals surface area contributed by atoms with Crippen LogP contribution in [0.1, 0.15) is 25.7 Å². The third-order valence-corrected chi connectivity index (χ3v) is 1.37. The van der Waals surface area contributed by atoms with Gasteiger partial charge in [-0.25, -0.2) is 0 Å². The molecule has 0 saturated heterocycles. The standard InChI is InChI=1S/C7H10ClNO/c8-5-1-3-7(10)4-2-6-9/h1-5H2. The smallest absolute Gasteiger partial charge is 0.133 e. The van der Waals surface area contributed by atoms with Gasteiger partial charge in [0.1, 0.15) is 5.78 Å². The third-order valence-electron chi connectivity index (χ3n) is 1.10. The number of ketones is 1. The number of Topliss-reactive ketones (excluding diaryl/α,β-unsaturated/α-hetero) is 1. The van der Waals surface area contributed by atoms with E-state index in [4.69, 9.17) is 16.9 Å². The zero-order valence-corrected chi connectivity index (χ0v) is 6.52. The zero-order chi connectivity index (χ0) is 7.82. The molecule has 0 aromatic rings. The molecule has 2 nitrogen and oxygen atoms in total. The van der Waals surface area contributed by atoms with Crippen molar-refractivity contribution in [2.75, 3.05) is 5.88 Å². The molecule has 0 aliphatic carbocycles. The molecule has 56 valence electrons. The van der Waals surface area contributed by atoms with Gasteiger partial charge in [-0.1, -0.05) is 0 Å². The van der Waals surface area contributed by atoms with E-state index in [0.29, 0.717) is 25.1 Å². The number of nitriles is 1. The van der Waals surface area contributed by atoms with Gasteiger partial charge in [-0.15, -0.1) is 11.6 Å². The van der Waals surface area contributed by atoms with E-state index in [1.807, 2.05) is 6.07 Å². The lowest BCUT2D eigenvalue weighted by Crippen LogP contribution is -1.96. The monoisotopic (exact) mass is 159 g/mol. The van der Waals surface area contributed by atoms with E-state index in [2.05, 4.69) is 0 Å². The van der Waals surface area contributed by atoms with Gasteiger partial charge in [0, 0.05) is 25.1 Å². The van der Waals surface area contributed by atoms with Crippen LogP contribution in [0.5, 0.6) is 0 Å². The van der Waals surface area contributed by atoms with Crippen molar-refractivity contribution in [1.82, 2.24) is 0 Å². The van der Waals surface area contributed by atoms with Crippen molar-refractivity contribution in [3.63, 3.8) is 0 Å². The molecule has 0 bridgehead atoms. The first-order valence-corrected chi connectivity index (χ1v) is 3.79. The number of halogens is 1. The van der Waals surface area contributed by atoms with Crippen LogP contribution in [0.2, 0.25) is 0 Å². The number of nitrogens with zero attached hydrogens (tertiary/aromatic N) is 1. The number of alkyl halides is 1. The molecule has 0 unspecified atom stereocenters. The molecule has 0 aromatic carbocycles. The largest absolute Gasteiger partial charge is 0.300 e. The van der Waals surface area contributed by atoms with Crippen LogP contribution in [0.4, 0.5) is 0 Å². The summed E-state index contributed by atoms with van der Waals surface area (Å²) in [6.07, 6.45) is 1.96. The Morgan fingerprint density at radius 2 is 2.20 bits per heavy atom. The molecule has 0 fully saturated rings. The number of rotatable bonds is 5. The van der Waals surface area contributed by atoms with Gasteiger partial charge in [0.15, 0.2) is 0 Å². The van der Waals surface area contributed by atoms with Gasteiger partial charge in [-0.05, 0) is 6.42 Å². The van der Waals surface area contributed by atoms with Crippen LogP contribution < -0.4 is 0 Å². The summed E-state index contributed by atoms with van der Waals surface area (Å²) in [6.45, 7) is 0. The Balaban J connectivity index is 3.19. The maximum Gasteiger partial charge on any atom is 0.133 e. The molecule has 0 rings (SSSR count). The Kier molecular flexibility index (Phi) is 6.21. The topological polar surface area (TPSA) is 40.9 Å². The van der Waals surface area contributed by atoms with Crippen molar-refractivity contribution < 1.29 is 4.79 Å². The molecule has 0 amide bonds. The van der Waals surface area contributed by atoms with Crippen molar-refractivity contribution >= 4 is 17.4 Å². The third kappa shape index (κ3) is 5.58. The summed E-state index contributed by atoms with van der Waals surface area (Å²) < 4.78 is 0. The average Bonchev–Trinajstić information content (AvgIpc) is 1.97. The summed E-state index contributed by atoms with van der Waals surface area (Å²) >= 11 is 5.36. The summed E-state index contributed by atoms with van der Waals surface area (Å²) in [5, 5.41) is 8.11. The van der Waals surface area contributed by atoms with Crippen LogP contribution >= 0.6 is 11.6 Å². The van der Waals surface area contributed by atoms with Gasteiger partial charge >= 0.3 is 0 Å². The Hall–Kier alpha value is -0.550. The van der Waals surface area contributed by atoms with E-state index in [-0.39, 0.29) is 5.78 Å². The fourth-order valence-corrected chi connectivity index (χ4v) is 0.718. The van der Waals surface area contributed by atoms with Crippen LogP contribution in [0.3, 0.4) is 0 Å². The van der Waals surface area contributed by atoms with E-state index in [1.165, 1.54) is 0 Å². The van der Waals surface area contributed by atoms with Crippen molar-refractivity contribution in [3.05, 3.63) is 0 Å². The average molecular weight is 160 g/mol. The highest BCUT2D eigenvalue weighted by Crippen LogP contribution is 1.98. The molecule has 0 aliphatic heterocycles. The fraction of sp³-hybridized carbons (Fsp3) is 0.714. The molecular weight excluding hydrogens is 150 g/mol. The molecule has 0 atom stereocenters. The van der Waals surface area contributed by atoms with Crippen LogP contribution in [0.15, 0.2) is 0 Å². The molecule has 0 saturated carbocycles. The Morgan fingerprint density at radius 1 is 1.50 bits per heavy atom. The maximum atomic E-state index is 10.8. The summed E-state index contributed by atoms with van der Waals surface area (Å²) in [5.41, 5.74) is 0. The molecule has 0 radical (unpaired) electrons. The first-order chi connectivity index (χ1) is 4.81. The van der Waals surface area contributed by atoms with E-state index in [0.717, 1.165) is 6.42 Å². The van der Waals surface area contributed by atoms with Gasteiger partial charge in [0.25, 0.3) is 0 Å². The first kappa shape index (κ1) is 9.45. The molecule has 0 N–H and O–H groups in total. The maximum absolute atomic E-state index is 10.8. The predicted molar refractivity (Wildman–Crippen MR) is 39.8 cm³/mol. The van der Waals surface area contributed by atoms with Gasteiger partial charge < -0.3 is 0 Å². The minimum atomic E-state index is 0.141. The van der Waals surface area contributed by atoms with Gasteiger partial charge in [-0.3, -0.25) is 4.79 Å². The lowest BCUT2D eigenvalue weighted by molar-refractivity contribution is -0.119. The van der Waals surface area contributed by atoms with Crippen molar-refractivity contribution in [3.8, 4) is 6.07 Å².